The van der Waals surface area contributed by atoms with E-state index in [4.69, 9.17) is 39.1 Å². The van der Waals surface area contributed by atoms with Crippen molar-refractivity contribution in [2.24, 2.45) is 0 Å². The van der Waals surface area contributed by atoms with Gasteiger partial charge in [0.1, 0.15) is 5.76 Å². The second kappa shape index (κ2) is 15.7. The van der Waals surface area contributed by atoms with E-state index in [9.17, 15) is 44.3 Å². The lowest BCUT2D eigenvalue weighted by Crippen LogP contribution is -2.38. The molecule has 1 spiro atoms. The molecule has 3 N–H and O–H groups in total. The Balaban J connectivity index is 0.000000325. The van der Waals surface area contributed by atoms with Crippen LogP contribution in [0.15, 0.2) is 59.4 Å². The molecular formula is C28H25F9N4O8. The number of carbonyl (C=O) groups is 4. The fourth-order valence-electron chi connectivity index (χ4n) is 4.51. The first-order valence-corrected chi connectivity index (χ1v) is 13.3. The molecule has 5 heterocycles. The Morgan fingerprint density at radius 1 is 0.816 bits per heavy atom. The lowest BCUT2D eigenvalue weighted by molar-refractivity contribution is -0.193. The summed E-state index contributed by atoms with van der Waals surface area (Å²) in [6.07, 6.45) is -8.79. The molecule has 1 saturated heterocycles. The van der Waals surface area contributed by atoms with Crippen molar-refractivity contribution in [3.8, 4) is 0 Å². The zero-order valence-corrected chi connectivity index (χ0v) is 24.8. The second-order valence-corrected chi connectivity index (χ2v) is 10.2. The molecule has 3 aromatic heterocycles. The zero-order valence-electron chi connectivity index (χ0n) is 24.8. The topological polar surface area (TPSA) is 174 Å². The number of furan rings is 1. The first-order valence-electron chi connectivity index (χ1n) is 13.3. The van der Waals surface area contributed by atoms with E-state index >= 15 is 0 Å². The van der Waals surface area contributed by atoms with Gasteiger partial charge in [0.05, 0.1) is 16.8 Å². The van der Waals surface area contributed by atoms with Crippen LogP contribution in [-0.2, 0) is 26.3 Å². The molecule has 5 rings (SSSR count). The molecule has 21 heteroatoms. The number of hydrogen-bond donors (Lipinski definition) is 3. The third-order valence-electron chi connectivity index (χ3n) is 6.54. The van der Waals surface area contributed by atoms with Crippen LogP contribution in [0.2, 0.25) is 0 Å². The largest absolute Gasteiger partial charge is 0.490 e. The minimum atomic E-state index is -5.08. The Hall–Kier alpha value is -5.37. The van der Waals surface area contributed by atoms with Crippen LogP contribution >= 0.6 is 0 Å². The third kappa shape index (κ3) is 11.4. The van der Waals surface area contributed by atoms with E-state index in [0.717, 1.165) is 43.2 Å². The zero-order chi connectivity index (χ0) is 37.4. The number of pyridine rings is 2. The summed E-state index contributed by atoms with van der Waals surface area (Å²) < 4.78 is 101. The maximum absolute atomic E-state index is 12.9. The molecule has 12 nitrogen and oxygen atoms in total. The first kappa shape index (κ1) is 39.8. The summed E-state index contributed by atoms with van der Waals surface area (Å²) >= 11 is 0. The van der Waals surface area contributed by atoms with Gasteiger partial charge in [-0.05, 0) is 49.2 Å². The van der Waals surface area contributed by atoms with E-state index in [0.29, 0.717) is 12.3 Å². The number of amides is 1. The number of alkyl halides is 9. The fourth-order valence-corrected chi connectivity index (χ4v) is 4.51. The molecule has 2 aliphatic rings. The molecule has 0 aromatic carbocycles. The summed E-state index contributed by atoms with van der Waals surface area (Å²) in [7, 11) is 0. The third-order valence-corrected chi connectivity index (χ3v) is 6.54. The normalized spacial score (nSPS) is 16.7. The molecule has 268 valence electrons. The quantitative estimate of drug-likeness (QED) is 0.309. The van der Waals surface area contributed by atoms with E-state index in [-0.39, 0.29) is 11.3 Å². The highest BCUT2D eigenvalue weighted by Gasteiger charge is 2.50. The van der Waals surface area contributed by atoms with Crippen molar-refractivity contribution in [2.45, 2.75) is 43.8 Å². The fraction of sp³-hybridized carbons (Fsp3) is 0.357. The summed E-state index contributed by atoms with van der Waals surface area (Å²) in [6, 6.07) is 11.8. The van der Waals surface area contributed by atoms with Gasteiger partial charge in [-0.3, -0.25) is 14.8 Å². The number of halogens is 9. The van der Waals surface area contributed by atoms with Crippen molar-refractivity contribution in [1.82, 2.24) is 14.9 Å². The molecular weight excluding hydrogens is 691 g/mol. The monoisotopic (exact) mass is 716 g/mol. The summed E-state index contributed by atoms with van der Waals surface area (Å²) in [4.78, 5) is 52.8. The van der Waals surface area contributed by atoms with E-state index in [2.05, 4.69) is 22.0 Å². The number of nitrogens with zero attached hydrogens (tertiary/aromatic N) is 4. The Morgan fingerprint density at radius 3 is 1.80 bits per heavy atom. The molecule has 2 aliphatic heterocycles. The predicted octanol–water partition coefficient (Wildman–Crippen LogP) is 5.08. The summed E-state index contributed by atoms with van der Waals surface area (Å²) in [5.41, 5.74) is 3.31. The van der Waals surface area contributed by atoms with Gasteiger partial charge < -0.3 is 29.5 Å². The van der Waals surface area contributed by atoms with E-state index < -0.39 is 36.4 Å². The van der Waals surface area contributed by atoms with Crippen LogP contribution in [0.3, 0.4) is 0 Å². The number of fused-ring (bicyclic) bond motifs is 2. The van der Waals surface area contributed by atoms with Crippen LogP contribution in [0.4, 0.5) is 45.2 Å². The number of aryl methyl sites for hydroxylation is 1. The highest BCUT2D eigenvalue weighted by molar-refractivity contribution is 5.92. The molecule has 0 saturated carbocycles. The average molecular weight is 717 g/mol. The SMILES string of the molecule is Cc1ccc(C(=O)N2CCC3(C2)CN(Cc2cccnc2)c2cccnc23)o1.O=C(O)C(F)(F)F.O=C(O)C(F)(F)F.O=C(O)C(F)(F)F. The molecule has 0 bridgehead atoms. The van der Waals surface area contributed by atoms with Gasteiger partial charge in [0.2, 0.25) is 0 Å². The van der Waals surface area contributed by atoms with Crippen LogP contribution in [-0.4, -0.2) is 92.2 Å². The second-order valence-electron chi connectivity index (χ2n) is 10.2. The number of likely N-dealkylation sites (tertiary alicyclic amines) is 1. The van der Waals surface area contributed by atoms with Gasteiger partial charge in [-0.15, -0.1) is 0 Å². The number of aromatic nitrogens is 2. The van der Waals surface area contributed by atoms with Gasteiger partial charge in [0.25, 0.3) is 5.91 Å². The lowest BCUT2D eigenvalue weighted by atomic mass is 9.85. The van der Waals surface area contributed by atoms with Crippen molar-refractivity contribution in [3.63, 3.8) is 0 Å². The molecule has 1 amide bonds. The molecule has 3 aromatic rings. The first-order chi connectivity index (χ1) is 22.5. The Labute approximate surface area is 269 Å². The van der Waals surface area contributed by atoms with Crippen LogP contribution in [0.25, 0.3) is 0 Å². The van der Waals surface area contributed by atoms with E-state index in [1.54, 1.807) is 12.3 Å². The van der Waals surface area contributed by atoms with Crippen molar-refractivity contribution in [1.29, 1.82) is 0 Å². The number of carbonyl (C=O) groups excluding carboxylic acids is 1. The Kier molecular flexibility index (Phi) is 12.7. The van der Waals surface area contributed by atoms with Gasteiger partial charge >= 0.3 is 36.4 Å². The number of anilines is 1. The maximum atomic E-state index is 12.9. The van der Waals surface area contributed by atoms with Gasteiger partial charge in [0.15, 0.2) is 5.76 Å². The summed E-state index contributed by atoms with van der Waals surface area (Å²) in [6.45, 7) is 4.89. The van der Waals surface area contributed by atoms with E-state index in [1.807, 2.05) is 42.4 Å². The number of carboxylic acid groups (broad SMARTS) is 3. The Bertz CT molecular complexity index is 1550. The van der Waals surface area contributed by atoms with Gasteiger partial charge in [-0.1, -0.05) is 6.07 Å². The van der Waals surface area contributed by atoms with Crippen molar-refractivity contribution < 1.29 is 78.4 Å². The average Bonchev–Trinajstić information content (AvgIpc) is 3.71. The van der Waals surface area contributed by atoms with Gasteiger partial charge in [0, 0.05) is 44.8 Å². The standard InChI is InChI=1S/C22H22N4O2.3C2HF3O2/c1-16-6-7-19(28-16)21(27)25-11-8-22(14-25)15-26(13-17-4-2-9-23-12-17)18-5-3-10-24-20(18)22;3*3-2(4,5)1(6)7/h2-7,9-10,12H,8,11,13-15H2,1H3;3*(H,6,7). The highest BCUT2D eigenvalue weighted by Crippen LogP contribution is 2.45. The maximum Gasteiger partial charge on any atom is 0.490 e. The lowest BCUT2D eigenvalue weighted by Gasteiger charge is -2.25. The van der Waals surface area contributed by atoms with Crippen LogP contribution < -0.4 is 4.90 Å². The number of aliphatic carboxylic acids is 3. The summed E-state index contributed by atoms with van der Waals surface area (Å²) in [5.74, 6) is -7.13. The van der Waals surface area contributed by atoms with Crippen molar-refractivity contribution >= 4 is 29.5 Å². The van der Waals surface area contributed by atoms with Gasteiger partial charge in [-0.2, -0.15) is 39.5 Å². The van der Waals surface area contributed by atoms with Crippen LogP contribution in [0.5, 0.6) is 0 Å². The number of carboxylic acids is 3. The molecule has 49 heavy (non-hydrogen) atoms. The van der Waals surface area contributed by atoms with Crippen molar-refractivity contribution in [2.75, 3.05) is 24.5 Å². The van der Waals surface area contributed by atoms with Crippen LogP contribution in [0.1, 0.15) is 34.0 Å². The number of hydrogen-bond acceptors (Lipinski definition) is 8. The molecule has 0 aliphatic carbocycles. The van der Waals surface area contributed by atoms with Crippen LogP contribution in [0, 0.1) is 6.92 Å². The van der Waals surface area contributed by atoms with Crippen molar-refractivity contribution in [3.05, 3.63) is 77.8 Å². The van der Waals surface area contributed by atoms with E-state index in [1.165, 1.54) is 5.56 Å². The smallest absolute Gasteiger partial charge is 0.475 e. The Morgan fingerprint density at radius 2 is 1.35 bits per heavy atom. The van der Waals surface area contributed by atoms with Gasteiger partial charge in [-0.25, -0.2) is 14.4 Å². The number of rotatable bonds is 3. The highest BCUT2D eigenvalue weighted by atomic mass is 19.4. The molecule has 1 unspecified atom stereocenters. The minimum Gasteiger partial charge on any atom is -0.475 e. The summed E-state index contributed by atoms with van der Waals surface area (Å²) in [5, 5.41) is 21.4. The predicted molar refractivity (Wildman–Crippen MR) is 146 cm³/mol. The molecule has 1 atom stereocenters. The minimum absolute atomic E-state index is 0.0341. The molecule has 1 fully saturated rings. The molecule has 0 radical (unpaired) electrons.